The van der Waals surface area contributed by atoms with Crippen molar-refractivity contribution in [3.05, 3.63) is 29.6 Å². The molecule has 1 atom stereocenters. The molecule has 1 fully saturated rings. The van der Waals surface area contributed by atoms with Gasteiger partial charge in [0, 0.05) is 25.7 Å². The minimum absolute atomic E-state index is 0. The number of piperidine rings is 1. The average molecular weight is 502 g/mol. The summed E-state index contributed by atoms with van der Waals surface area (Å²) in [5.41, 5.74) is 1.55. The van der Waals surface area contributed by atoms with Crippen molar-refractivity contribution in [1.29, 1.82) is 0 Å². The predicted octanol–water partition coefficient (Wildman–Crippen LogP) is 4.23. The topological polar surface area (TPSA) is 39.7 Å². The molecule has 1 aliphatic rings. The zero-order chi connectivity index (χ0) is 19.2. The summed E-state index contributed by atoms with van der Waals surface area (Å²) in [5.74, 6) is 0.107. The summed E-state index contributed by atoms with van der Waals surface area (Å²) in [6, 6.07) is 5.01. The number of benzene rings is 1. The molecular weight excluding hydrogens is 475 g/mol. The van der Waals surface area contributed by atoms with Gasteiger partial charge >= 0.3 is 6.18 Å². The maximum Gasteiger partial charge on any atom is 0.390 e. The highest BCUT2D eigenvalue weighted by atomic mass is 127. The number of alkyl halides is 3. The Bertz CT molecular complexity index is 622. The van der Waals surface area contributed by atoms with Crippen molar-refractivity contribution in [2.75, 3.05) is 31.1 Å². The summed E-state index contributed by atoms with van der Waals surface area (Å²) in [6.07, 6.45) is -3.44. The van der Waals surface area contributed by atoms with Crippen LogP contribution in [-0.4, -0.2) is 44.4 Å². The number of halogens is 5. The van der Waals surface area contributed by atoms with Gasteiger partial charge in [0.15, 0.2) is 5.96 Å². The third-order valence-electron chi connectivity index (χ3n) is 4.21. The Morgan fingerprint density at radius 3 is 2.74 bits per heavy atom. The van der Waals surface area contributed by atoms with Gasteiger partial charge in [-0.1, -0.05) is 6.07 Å². The lowest BCUT2D eigenvalue weighted by Crippen LogP contribution is -2.51. The van der Waals surface area contributed by atoms with Gasteiger partial charge in [-0.25, -0.2) is 4.39 Å². The van der Waals surface area contributed by atoms with E-state index in [0.717, 1.165) is 24.9 Å². The smallest absolute Gasteiger partial charge is 0.367 e. The molecule has 2 N–H and O–H groups in total. The highest BCUT2D eigenvalue weighted by Gasteiger charge is 2.26. The molecule has 9 heteroatoms. The van der Waals surface area contributed by atoms with E-state index >= 15 is 0 Å². The van der Waals surface area contributed by atoms with E-state index in [4.69, 9.17) is 0 Å². The first kappa shape index (κ1) is 23.8. The van der Waals surface area contributed by atoms with Crippen LogP contribution in [0, 0.1) is 12.7 Å². The van der Waals surface area contributed by atoms with E-state index < -0.39 is 12.6 Å². The van der Waals surface area contributed by atoms with Crippen molar-refractivity contribution < 1.29 is 17.6 Å². The second-order valence-electron chi connectivity index (χ2n) is 6.51. The summed E-state index contributed by atoms with van der Waals surface area (Å²) >= 11 is 0. The Hall–Kier alpha value is -1.26. The molecular formula is C18H27F4IN4. The predicted molar refractivity (Wildman–Crippen MR) is 112 cm³/mol. The monoisotopic (exact) mass is 502 g/mol. The number of anilines is 1. The van der Waals surface area contributed by atoms with Crippen molar-refractivity contribution in [3.63, 3.8) is 0 Å². The largest absolute Gasteiger partial charge is 0.390 e. The molecule has 2 rings (SSSR count). The molecule has 1 aromatic carbocycles. The Kier molecular flexibility index (Phi) is 9.61. The zero-order valence-corrected chi connectivity index (χ0v) is 17.9. The summed E-state index contributed by atoms with van der Waals surface area (Å²) in [6.45, 7) is 5.34. The summed E-state index contributed by atoms with van der Waals surface area (Å²) in [7, 11) is 0. The van der Waals surface area contributed by atoms with Gasteiger partial charge in [-0.2, -0.15) is 13.2 Å². The number of nitrogens with one attached hydrogen (secondary N) is 2. The molecule has 1 aromatic rings. The third kappa shape index (κ3) is 8.10. The minimum atomic E-state index is -4.22. The van der Waals surface area contributed by atoms with E-state index in [-0.39, 0.29) is 42.4 Å². The van der Waals surface area contributed by atoms with Crippen LogP contribution < -0.4 is 15.5 Å². The first-order chi connectivity index (χ1) is 12.3. The molecule has 1 unspecified atom stereocenters. The molecule has 1 heterocycles. The molecule has 27 heavy (non-hydrogen) atoms. The third-order valence-corrected chi connectivity index (χ3v) is 4.21. The molecule has 4 nitrogen and oxygen atoms in total. The number of rotatable bonds is 5. The summed E-state index contributed by atoms with van der Waals surface area (Å²) in [4.78, 5) is 5.98. The lowest BCUT2D eigenvalue weighted by atomic mass is 10.0. The first-order valence-electron chi connectivity index (χ1n) is 8.91. The SMILES string of the molecule is CCNC(=NCCC(F)(F)F)NC1CCCN(c2cc(C)ccc2F)C1.I. The van der Waals surface area contributed by atoms with Crippen LogP contribution in [0.3, 0.4) is 0 Å². The van der Waals surface area contributed by atoms with Gasteiger partial charge < -0.3 is 15.5 Å². The van der Waals surface area contributed by atoms with Crippen LogP contribution in [0.4, 0.5) is 23.2 Å². The van der Waals surface area contributed by atoms with Crippen LogP contribution in [0.25, 0.3) is 0 Å². The summed E-state index contributed by atoms with van der Waals surface area (Å²) < 4.78 is 51.1. The molecule has 0 bridgehead atoms. The first-order valence-corrected chi connectivity index (χ1v) is 8.91. The van der Waals surface area contributed by atoms with Crippen molar-refractivity contribution in [1.82, 2.24) is 10.6 Å². The fourth-order valence-corrected chi connectivity index (χ4v) is 2.99. The summed E-state index contributed by atoms with van der Waals surface area (Å²) in [5, 5.41) is 6.15. The Balaban J connectivity index is 0.00000364. The van der Waals surface area contributed by atoms with E-state index in [1.807, 2.05) is 24.8 Å². The van der Waals surface area contributed by atoms with Crippen molar-refractivity contribution >= 4 is 35.6 Å². The highest BCUT2D eigenvalue weighted by Crippen LogP contribution is 2.24. The lowest BCUT2D eigenvalue weighted by Gasteiger charge is -2.35. The van der Waals surface area contributed by atoms with Gasteiger partial charge in [0.25, 0.3) is 0 Å². The van der Waals surface area contributed by atoms with Crippen LogP contribution in [0.15, 0.2) is 23.2 Å². The van der Waals surface area contributed by atoms with E-state index in [1.54, 1.807) is 6.07 Å². The quantitative estimate of drug-likeness (QED) is 0.274. The number of hydrogen-bond donors (Lipinski definition) is 2. The second-order valence-corrected chi connectivity index (χ2v) is 6.51. The zero-order valence-electron chi connectivity index (χ0n) is 15.6. The normalized spacial score (nSPS) is 18.1. The molecule has 1 aliphatic heterocycles. The number of aliphatic imine (C=N–C) groups is 1. The average Bonchev–Trinajstić information content (AvgIpc) is 2.56. The maximum atomic E-state index is 14.1. The molecule has 0 radical (unpaired) electrons. The standard InChI is InChI=1S/C18H26F4N4.HI/c1-3-23-17(24-9-8-18(20,21)22)25-14-5-4-10-26(12-14)16-11-13(2)6-7-15(16)19;/h6-7,11,14H,3-5,8-10,12H2,1-2H3,(H2,23,24,25);1H. The van der Waals surface area contributed by atoms with Crippen LogP contribution in [0.5, 0.6) is 0 Å². The molecule has 154 valence electrons. The fraction of sp³-hybridized carbons (Fsp3) is 0.611. The van der Waals surface area contributed by atoms with Crippen LogP contribution in [-0.2, 0) is 0 Å². The molecule has 0 aromatic heterocycles. The Morgan fingerprint density at radius 1 is 1.33 bits per heavy atom. The molecule has 0 aliphatic carbocycles. The second kappa shape index (κ2) is 10.9. The van der Waals surface area contributed by atoms with Gasteiger partial charge in [0.1, 0.15) is 5.82 Å². The minimum Gasteiger partial charge on any atom is -0.367 e. The van der Waals surface area contributed by atoms with Gasteiger partial charge in [-0.3, -0.25) is 4.99 Å². The van der Waals surface area contributed by atoms with Gasteiger partial charge in [0.2, 0.25) is 0 Å². The van der Waals surface area contributed by atoms with Gasteiger partial charge in [-0.15, -0.1) is 24.0 Å². The maximum absolute atomic E-state index is 14.1. The van der Waals surface area contributed by atoms with Crippen molar-refractivity contribution in [2.24, 2.45) is 4.99 Å². The van der Waals surface area contributed by atoms with E-state index in [9.17, 15) is 17.6 Å². The lowest BCUT2D eigenvalue weighted by molar-refractivity contribution is -0.132. The molecule has 1 saturated heterocycles. The number of guanidine groups is 1. The van der Waals surface area contributed by atoms with E-state index in [0.29, 0.717) is 24.7 Å². The molecule has 0 saturated carbocycles. The van der Waals surface area contributed by atoms with Crippen LogP contribution in [0.1, 0.15) is 31.7 Å². The molecule has 0 amide bonds. The number of hydrogen-bond acceptors (Lipinski definition) is 2. The highest BCUT2D eigenvalue weighted by molar-refractivity contribution is 14.0. The Labute approximate surface area is 174 Å². The van der Waals surface area contributed by atoms with Crippen LogP contribution in [0.2, 0.25) is 0 Å². The number of nitrogens with zero attached hydrogens (tertiary/aromatic N) is 2. The van der Waals surface area contributed by atoms with E-state index in [1.165, 1.54) is 6.07 Å². The van der Waals surface area contributed by atoms with Crippen LogP contribution >= 0.6 is 24.0 Å². The molecule has 0 spiro atoms. The van der Waals surface area contributed by atoms with Gasteiger partial charge in [0.05, 0.1) is 18.7 Å². The fourth-order valence-electron chi connectivity index (χ4n) is 2.99. The van der Waals surface area contributed by atoms with Crippen molar-refractivity contribution in [2.45, 2.75) is 45.3 Å². The van der Waals surface area contributed by atoms with E-state index in [2.05, 4.69) is 15.6 Å². The van der Waals surface area contributed by atoms with Gasteiger partial charge in [-0.05, 0) is 44.4 Å². The Morgan fingerprint density at radius 2 is 2.07 bits per heavy atom. The van der Waals surface area contributed by atoms with Crippen molar-refractivity contribution in [3.8, 4) is 0 Å². The number of aryl methyl sites for hydroxylation is 1.